The molecule has 564 valence electrons. The monoisotopic (exact) mass is 1390 g/mol. The van der Waals surface area contributed by atoms with E-state index >= 15 is 0 Å². The zero-order valence-corrected chi connectivity index (χ0v) is 62.3. The van der Waals surface area contributed by atoms with Crippen LogP contribution in [0.5, 0.6) is 0 Å². The summed E-state index contributed by atoms with van der Waals surface area (Å²) < 4.78 is 61.3. The Morgan fingerprint density at radius 1 is 0.449 bits per heavy atom. The molecule has 8 N–H and O–H groups in total. The topological polar surface area (TPSA) is 288 Å². The minimum Gasteiger partial charge on any atom is -0.458 e. The Kier molecular flexibility index (Phi) is 37.6. The van der Waals surface area contributed by atoms with Gasteiger partial charge < -0.3 is 88.2 Å². The number of aliphatic hydroxyl groups is 8. The summed E-state index contributed by atoms with van der Waals surface area (Å²) in [6, 6.07) is 0. The molecule has 5 rings (SSSR count). The number of aliphatic hydroxyl groups excluding tert-OH is 8. The van der Waals surface area contributed by atoms with E-state index in [2.05, 4.69) is 0 Å². The molecule has 0 aromatic rings. The van der Waals surface area contributed by atoms with Crippen molar-refractivity contribution in [2.45, 2.75) is 333 Å². The van der Waals surface area contributed by atoms with Crippen molar-refractivity contribution in [3.63, 3.8) is 0 Å². The number of rotatable bonds is 16. The highest BCUT2D eigenvalue weighted by atomic mass is 16.6. The summed E-state index contributed by atoms with van der Waals surface area (Å²) in [5.41, 5.74) is 1.39. The average Bonchev–Trinajstić information content (AvgIpc) is 0.846. The SMILES string of the molecule is COC1CC(C)OC(CCC(C)C(O)C(C)C2OC(=O)/C=C/C(C)=C/CC(O)CC3C=CCC(CC(OC)C(C)C(O)CC(O)C(C)C(C(C)C(O)C(C)CCC4CC(OC)CC(C)O4)OC(=O)/C=C/C(C)=C/CC(O)CC4C=CCC(CC(OC)C(C)C(O)CC(O)C2C)O4)O3)C1. The van der Waals surface area contributed by atoms with E-state index in [9.17, 15) is 50.4 Å². The Hall–Kier alpha value is -3.26. The number of allylic oxidation sites excluding steroid dienone is 4. The maximum Gasteiger partial charge on any atom is 0.331 e. The molecule has 2 fully saturated rings. The first kappa shape index (κ1) is 85.4. The maximum atomic E-state index is 13.9. The van der Waals surface area contributed by atoms with E-state index in [1.165, 1.54) is 12.2 Å². The van der Waals surface area contributed by atoms with Crippen LogP contribution in [0.4, 0.5) is 0 Å². The van der Waals surface area contributed by atoms with Gasteiger partial charge in [-0.1, -0.05) is 115 Å². The van der Waals surface area contributed by atoms with Crippen LogP contribution in [0, 0.1) is 47.3 Å². The van der Waals surface area contributed by atoms with Gasteiger partial charge in [-0.05, 0) is 129 Å². The third-order valence-corrected chi connectivity index (χ3v) is 22.3. The summed E-state index contributed by atoms with van der Waals surface area (Å²) in [4.78, 5) is 27.8. The molecule has 20 heteroatoms. The molecule has 0 amide bonds. The molecule has 4 bridgehead atoms. The number of cyclic esters (lactones) is 2. The number of carbonyl (C=O) groups excluding carboxylic acids is 2. The Balaban J connectivity index is 1.36. The van der Waals surface area contributed by atoms with Crippen LogP contribution in [0.2, 0.25) is 0 Å². The zero-order valence-electron chi connectivity index (χ0n) is 62.3. The van der Waals surface area contributed by atoms with Gasteiger partial charge in [0, 0.05) is 102 Å². The summed E-state index contributed by atoms with van der Waals surface area (Å²) in [5, 5.41) is 94.4. The number of fused-ring (bicyclic) bond motifs is 4. The van der Waals surface area contributed by atoms with Crippen LogP contribution in [0.15, 0.2) is 71.9 Å². The van der Waals surface area contributed by atoms with Crippen molar-refractivity contribution in [1.29, 1.82) is 0 Å². The van der Waals surface area contributed by atoms with E-state index in [-0.39, 0.29) is 99.2 Å². The van der Waals surface area contributed by atoms with Crippen molar-refractivity contribution in [1.82, 2.24) is 0 Å². The number of hydrogen-bond acceptors (Lipinski definition) is 20. The fourth-order valence-electron chi connectivity index (χ4n) is 15.3. The highest BCUT2D eigenvalue weighted by Gasteiger charge is 2.42. The normalized spacial score (nSPS) is 41.1. The molecule has 0 radical (unpaired) electrons. The molecule has 30 atom stereocenters. The third kappa shape index (κ3) is 28.1. The van der Waals surface area contributed by atoms with Crippen LogP contribution in [-0.4, -0.2) is 216 Å². The second-order valence-corrected chi connectivity index (χ2v) is 30.3. The van der Waals surface area contributed by atoms with Crippen molar-refractivity contribution in [3.05, 3.63) is 71.9 Å². The maximum absolute atomic E-state index is 13.9. The number of carbonyl (C=O) groups is 2. The summed E-state index contributed by atoms with van der Waals surface area (Å²) >= 11 is 0. The van der Waals surface area contributed by atoms with Gasteiger partial charge >= 0.3 is 11.9 Å². The lowest BCUT2D eigenvalue weighted by Crippen LogP contribution is -2.45. The first-order chi connectivity index (χ1) is 46.4. The predicted octanol–water partition coefficient (Wildman–Crippen LogP) is 10.1. The molecule has 0 aromatic carbocycles. The van der Waals surface area contributed by atoms with E-state index < -0.39 is 133 Å². The summed E-state index contributed by atoms with van der Waals surface area (Å²) in [7, 11) is 6.58. The molecule has 98 heavy (non-hydrogen) atoms. The van der Waals surface area contributed by atoms with Crippen molar-refractivity contribution in [3.8, 4) is 0 Å². The lowest BCUT2D eigenvalue weighted by atomic mass is 9.78. The molecule has 0 spiro atoms. The molecular formula is C78H132O20. The van der Waals surface area contributed by atoms with Gasteiger partial charge in [-0.3, -0.25) is 0 Å². The van der Waals surface area contributed by atoms with Crippen molar-refractivity contribution in [2.75, 3.05) is 28.4 Å². The summed E-state index contributed by atoms with van der Waals surface area (Å²) in [5.74, 6) is -5.50. The van der Waals surface area contributed by atoms with Gasteiger partial charge in [-0.15, -0.1) is 0 Å². The largest absolute Gasteiger partial charge is 0.458 e. The van der Waals surface area contributed by atoms with Crippen LogP contribution >= 0.6 is 0 Å². The molecule has 20 nitrogen and oxygen atoms in total. The van der Waals surface area contributed by atoms with E-state index in [1.807, 2.05) is 106 Å². The standard InChI is InChI=1S/C78H132O20/c1-45-23-29-57(79)37-59-19-17-21-61(95-59)41-71(91-15)52(8)68(82)44-70(84)54(10)78(56(12)76(88)48(4)28-32-64-40-66(90-14)36-50(6)94-64)98-74(86)34-26-46(2)24-30-58(80)38-60-20-18-22-62(96-60)42-72(92-16)51(7)67(81)43-69(83)53(9)77(97-73(85)33-25-45)55(11)75(87)47(3)27-31-63-39-65(89-13)35-49(5)93-63/h17-20,23-26,33-34,47-72,75-84,87-88H,21-22,27-32,35-44H2,1-16H3/b33-25+,34-26+,45-23+,46-24+. The summed E-state index contributed by atoms with van der Waals surface area (Å²) in [6.45, 7) is 22.5. The first-order valence-electron chi connectivity index (χ1n) is 37.1. The fraction of sp³-hybridized carbons (Fsp3) is 0.821. The Morgan fingerprint density at radius 3 is 1.15 bits per heavy atom. The number of ether oxygens (including phenoxy) is 10. The van der Waals surface area contributed by atoms with Crippen molar-refractivity contribution in [2.24, 2.45) is 47.3 Å². The lowest BCUT2D eigenvalue weighted by molar-refractivity contribution is -0.158. The fourth-order valence-corrected chi connectivity index (χ4v) is 15.3. The van der Waals surface area contributed by atoms with E-state index in [0.29, 0.717) is 62.5 Å². The minimum absolute atomic E-state index is 0.0293. The van der Waals surface area contributed by atoms with Gasteiger partial charge in [0.05, 0.1) is 122 Å². The molecule has 2 saturated heterocycles. The van der Waals surface area contributed by atoms with Crippen LogP contribution in [0.1, 0.15) is 199 Å². The van der Waals surface area contributed by atoms with Gasteiger partial charge in [-0.25, -0.2) is 9.59 Å². The smallest absolute Gasteiger partial charge is 0.331 e. The van der Waals surface area contributed by atoms with Gasteiger partial charge in [0.1, 0.15) is 12.2 Å². The van der Waals surface area contributed by atoms with Crippen molar-refractivity contribution < 1.29 is 97.8 Å². The minimum atomic E-state index is -1.16. The Morgan fingerprint density at radius 2 is 0.806 bits per heavy atom. The van der Waals surface area contributed by atoms with E-state index in [4.69, 9.17) is 47.4 Å². The number of methoxy groups -OCH3 is 4. The Bertz CT molecular complexity index is 2320. The van der Waals surface area contributed by atoms with Crippen LogP contribution in [-0.2, 0) is 57.0 Å². The molecule has 0 aliphatic carbocycles. The molecule has 0 saturated carbocycles. The summed E-state index contributed by atoms with van der Waals surface area (Å²) in [6.07, 6.45) is 14.1. The lowest BCUT2D eigenvalue weighted by Gasteiger charge is -2.38. The van der Waals surface area contributed by atoms with Gasteiger partial charge in [-0.2, -0.15) is 0 Å². The van der Waals surface area contributed by atoms with E-state index in [1.54, 1.807) is 54.4 Å². The van der Waals surface area contributed by atoms with Crippen LogP contribution < -0.4 is 0 Å². The van der Waals surface area contributed by atoms with Gasteiger partial charge in [0.25, 0.3) is 0 Å². The first-order valence-corrected chi connectivity index (χ1v) is 37.1. The molecule has 30 unspecified atom stereocenters. The molecular weight excluding hydrogens is 1260 g/mol. The quantitative estimate of drug-likeness (QED) is 0.0527. The molecule has 5 aliphatic rings. The average molecular weight is 1390 g/mol. The van der Waals surface area contributed by atoms with Crippen LogP contribution in [0.25, 0.3) is 0 Å². The van der Waals surface area contributed by atoms with Gasteiger partial charge in [0.15, 0.2) is 0 Å². The van der Waals surface area contributed by atoms with E-state index in [0.717, 1.165) is 25.7 Å². The van der Waals surface area contributed by atoms with Gasteiger partial charge in [0.2, 0.25) is 0 Å². The van der Waals surface area contributed by atoms with Crippen molar-refractivity contribution >= 4 is 11.9 Å². The third-order valence-electron chi connectivity index (χ3n) is 22.3. The Labute approximate surface area is 587 Å². The molecule has 5 heterocycles. The molecule has 5 aliphatic heterocycles. The second kappa shape index (κ2) is 43.1. The zero-order chi connectivity index (χ0) is 72.5. The molecule has 0 aromatic heterocycles. The number of hydrogen-bond donors (Lipinski definition) is 8. The highest BCUT2D eigenvalue weighted by molar-refractivity contribution is 5.83. The predicted molar refractivity (Wildman–Crippen MR) is 377 cm³/mol. The second-order valence-electron chi connectivity index (χ2n) is 30.3. The highest BCUT2D eigenvalue weighted by Crippen LogP contribution is 2.37. The number of esters is 2. The van der Waals surface area contributed by atoms with Crippen LogP contribution in [0.3, 0.4) is 0 Å².